The Morgan fingerprint density at radius 2 is 1.95 bits per heavy atom. The molecule has 0 radical (unpaired) electrons. The topological polar surface area (TPSA) is 85.7 Å². The van der Waals surface area contributed by atoms with Gasteiger partial charge in [0.25, 0.3) is 11.8 Å². The number of hydrogen-bond acceptors (Lipinski definition) is 4. The van der Waals surface area contributed by atoms with Gasteiger partial charge in [-0.05, 0) is 68.5 Å². The maximum absolute atomic E-state index is 15.2. The molecule has 2 amide bonds. The van der Waals surface area contributed by atoms with Gasteiger partial charge in [0, 0.05) is 33.8 Å². The Balaban J connectivity index is 1.36. The van der Waals surface area contributed by atoms with Crippen molar-refractivity contribution in [3.05, 3.63) is 94.2 Å². The summed E-state index contributed by atoms with van der Waals surface area (Å²) in [6, 6.07) is 14.2. The van der Waals surface area contributed by atoms with Crippen LogP contribution in [0, 0.1) is 12.4 Å². The highest BCUT2D eigenvalue weighted by Crippen LogP contribution is 2.39. The van der Waals surface area contributed by atoms with Crippen LogP contribution in [0.5, 0.6) is 0 Å². The number of benzene rings is 3. The molecule has 0 unspecified atom stereocenters. The van der Waals surface area contributed by atoms with Crippen LogP contribution in [-0.2, 0) is 11.3 Å². The Morgan fingerprint density at radius 3 is 2.66 bits per heavy atom. The standard InChI is InChI=1S/C27H20ClFN6O2S/c1-27(2)25(37)34(18-7-9-23(30-3)20(28)11-18)26(38)35(27)19-6-4-16(21(29)12-19)13-31-24(36)15-5-8-22-17(10-15)14-32-33-22/h4-12,14H,13H2,1-2H3,(H,31,36)(H,32,33). The molecule has 0 aliphatic carbocycles. The first-order valence-electron chi connectivity index (χ1n) is 11.5. The van der Waals surface area contributed by atoms with E-state index in [1.165, 1.54) is 23.1 Å². The van der Waals surface area contributed by atoms with Crippen molar-refractivity contribution in [1.29, 1.82) is 0 Å². The molecule has 0 spiro atoms. The van der Waals surface area contributed by atoms with E-state index in [9.17, 15) is 9.59 Å². The van der Waals surface area contributed by atoms with Gasteiger partial charge in [0.2, 0.25) is 5.69 Å². The molecule has 2 N–H and O–H groups in total. The summed E-state index contributed by atoms with van der Waals surface area (Å²) in [4.78, 5) is 32.2. The van der Waals surface area contributed by atoms with E-state index in [0.717, 1.165) is 10.9 Å². The van der Waals surface area contributed by atoms with Gasteiger partial charge >= 0.3 is 0 Å². The highest BCUT2D eigenvalue weighted by Gasteiger charge is 2.50. The van der Waals surface area contributed by atoms with Gasteiger partial charge in [-0.3, -0.25) is 19.6 Å². The zero-order chi connectivity index (χ0) is 27.2. The summed E-state index contributed by atoms with van der Waals surface area (Å²) in [7, 11) is 0. The summed E-state index contributed by atoms with van der Waals surface area (Å²) in [6.07, 6.45) is 1.62. The van der Waals surface area contributed by atoms with Crippen molar-refractivity contribution in [3.63, 3.8) is 0 Å². The fraction of sp³-hybridized carbons (Fsp3) is 0.148. The maximum Gasteiger partial charge on any atom is 0.259 e. The molecule has 11 heteroatoms. The molecule has 1 aromatic heterocycles. The third kappa shape index (κ3) is 4.26. The molecule has 1 fully saturated rings. The molecular weight excluding hydrogens is 527 g/mol. The lowest BCUT2D eigenvalue weighted by atomic mass is 10.0. The first-order chi connectivity index (χ1) is 18.1. The van der Waals surface area contributed by atoms with E-state index in [1.54, 1.807) is 61.3 Å². The third-order valence-electron chi connectivity index (χ3n) is 6.41. The quantitative estimate of drug-likeness (QED) is 0.246. The van der Waals surface area contributed by atoms with Crippen LogP contribution in [0.25, 0.3) is 15.7 Å². The molecule has 38 heavy (non-hydrogen) atoms. The number of fused-ring (bicyclic) bond motifs is 1. The average molecular weight is 547 g/mol. The minimum atomic E-state index is -1.12. The van der Waals surface area contributed by atoms with Crippen LogP contribution in [0.3, 0.4) is 0 Å². The minimum Gasteiger partial charge on any atom is -0.348 e. The number of aromatic nitrogens is 2. The van der Waals surface area contributed by atoms with E-state index >= 15 is 4.39 Å². The normalized spacial score (nSPS) is 14.7. The van der Waals surface area contributed by atoms with Crippen LogP contribution in [0.2, 0.25) is 5.02 Å². The van der Waals surface area contributed by atoms with Gasteiger partial charge < -0.3 is 10.2 Å². The molecule has 2 heterocycles. The second-order valence-electron chi connectivity index (χ2n) is 9.20. The highest BCUT2D eigenvalue weighted by atomic mass is 35.5. The largest absolute Gasteiger partial charge is 0.348 e. The Labute approximate surface area is 227 Å². The van der Waals surface area contributed by atoms with Gasteiger partial charge in [-0.1, -0.05) is 23.7 Å². The lowest BCUT2D eigenvalue weighted by molar-refractivity contribution is -0.120. The molecule has 1 aliphatic heterocycles. The summed E-state index contributed by atoms with van der Waals surface area (Å²) in [5, 5.41) is 10.6. The molecule has 4 aromatic rings. The number of carbonyl (C=O) groups is 2. The van der Waals surface area contributed by atoms with Gasteiger partial charge in [0.15, 0.2) is 5.11 Å². The average Bonchev–Trinajstić information content (AvgIpc) is 3.42. The van der Waals surface area contributed by atoms with E-state index in [-0.39, 0.29) is 39.7 Å². The van der Waals surface area contributed by atoms with Gasteiger partial charge in [0.1, 0.15) is 11.4 Å². The number of halogens is 2. The Morgan fingerprint density at radius 1 is 1.18 bits per heavy atom. The van der Waals surface area contributed by atoms with E-state index in [1.807, 2.05) is 0 Å². The van der Waals surface area contributed by atoms with Gasteiger partial charge in [0.05, 0.1) is 24.0 Å². The van der Waals surface area contributed by atoms with Crippen LogP contribution in [0.1, 0.15) is 29.8 Å². The number of anilines is 2. The second kappa shape index (κ2) is 9.52. The van der Waals surface area contributed by atoms with Crippen LogP contribution in [0.15, 0.2) is 60.8 Å². The number of hydrogen-bond donors (Lipinski definition) is 2. The number of rotatable bonds is 5. The predicted molar refractivity (Wildman–Crippen MR) is 148 cm³/mol. The molecule has 0 bridgehead atoms. The lowest BCUT2D eigenvalue weighted by Gasteiger charge is -2.29. The molecule has 0 saturated carbocycles. The fourth-order valence-electron chi connectivity index (χ4n) is 4.36. The van der Waals surface area contributed by atoms with Crippen LogP contribution in [-0.4, -0.2) is 32.7 Å². The summed E-state index contributed by atoms with van der Waals surface area (Å²) in [6.45, 7) is 10.5. The predicted octanol–water partition coefficient (Wildman–Crippen LogP) is 5.75. The van der Waals surface area contributed by atoms with Crippen molar-refractivity contribution in [2.24, 2.45) is 0 Å². The Bertz CT molecular complexity index is 1680. The van der Waals surface area contributed by atoms with Gasteiger partial charge in [-0.25, -0.2) is 9.24 Å². The molecule has 1 saturated heterocycles. The Kier molecular flexibility index (Phi) is 6.34. The lowest BCUT2D eigenvalue weighted by Crippen LogP contribution is -2.44. The van der Waals surface area contributed by atoms with E-state index in [2.05, 4.69) is 20.4 Å². The molecule has 8 nitrogen and oxygen atoms in total. The van der Waals surface area contributed by atoms with Crippen molar-refractivity contribution < 1.29 is 14.0 Å². The molecular formula is C27H20ClFN6O2S. The van der Waals surface area contributed by atoms with E-state index in [0.29, 0.717) is 16.9 Å². The SMILES string of the molecule is [C-]#[N+]c1ccc(N2C(=O)C(C)(C)N(c3ccc(CNC(=O)c4ccc5[nH]ncc5c4)c(F)c3)C2=S)cc1Cl. The van der Waals surface area contributed by atoms with Gasteiger partial charge in [-0.15, -0.1) is 0 Å². The summed E-state index contributed by atoms with van der Waals surface area (Å²) >= 11 is 11.8. The second-order valence-corrected chi connectivity index (χ2v) is 9.97. The zero-order valence-electron chi connectivity index (χ0n) is 20.3. The molecule has 190 valence electrons. The zero-order valence-corrected chi connectivity index (χ0v) is 21.8. The minimum absolute atomic E-state index is 0.0286. The van der Waals surface area contributed by atoms with Gasteiger partial charge in [-0.2, -0.15) is 5.10 Å². The summed E-state index contributed by atoms with van der Waals surface area (Å²) < 4.78 is 15.2. The third-order valence-corrected chi connectivity index (χ3v) is 7.08. The van der Waals surface area contributed by atoms with Crippen molar-refractivity contribution in [2.45, 2.75) is 25.9 Å². The van der Waals surface area contributed by atoms with Crippen molar-refractivity contribution in [1.82, 2.24) is 15.5 Å². The number of aromatic amines is 1. The smallest absolute Gasteiger partial charge is 0.259 e. The number of H-pyrrole nitrogens is 1. The van der Waals surface area contributed by atoms with Crippen molar-refractivity contribution in [2.75, 3.05) is 9.80 Å². The first-order valence-corrected chi connectivity index (χ1v) is 12.3. The summed E-state index contributed by atoms with van der Waals surface area (Å²) in [5.74, 6) is -1.22. The number of nitrogens with zero attached hydrogens (tertiary/aromatic N) is 4. The molecule has 5 rings (SSSR count). The Hall–Kier alpha value is -4.33. The molecule has 1 aliphatic rings. The monoisotopic (exact) mass is 546 g/mol. The number of carbonyl (C=O) groups excluding carboxylic acids is 2. The maximum atomic E-state index is 15.2. The summed E-state index contributed by atoms with van der Waals surface area (Å²) in [5.41, 5.74) is 1.47. The van der Waals surface area contributed by atoms with Crippen molar-refractivity contribution >= 4 is 68.7 Å². The first kappa shape index (κ1) is 25.3. The van der Waals surface area contributed by atoms with Crippen molar-refractivity contribution in [3.8, 4) is 0 Å². The molecule has 0 atom stereocenters. The number of amides is 2. The van der Waals surface area contributed by atoms with E-state index in [4.69, 9.17) is 30.4 Å². The number of nitrogens with one attached hydrogen (secondary N) is 2. The number of thiocarbonyl (C=S) groups is 1. The fourth-order valence-corrected chi connectivity index (χ4v) is 5.10. The van der Waals surface area contributed by atoms with Crippen LogP contribution < -0.4 is 15.1 Å². The molecule has 3 aromatic carbocycles. The highest BCUT2D eigenvalue weighted by molar-refractivity contribution is 7.81. The van der Waals surface area contributed by atoms with E-state index < -0.39 is 11.4 Å². The van der Waals surface area contributed by atoms with Crippen LogP contribution in [0.4, 0.5) is 21.5 Å². The van der Waals surface area contributed by atoms with Crippen LogP contribution >= 0.6 is 23.8 Å².